The van der Waals surface area contributed by atoms with Crippen LogP contribution in [-0.2, 0) is 6.42 Å². The predicted molar refractivity (Wildman–Crippen MR) is 62.9 cm³/mol. The van der Waals surface area contributed by atoms with Crippen molar-refractivity contribution in [1.82, 2.24) is 0 Å². The minimum atomic E-state index is -0.167. The molecular weight excluding hydrogens is 203 g/mol. The fraction of sp³-hybridized carbons (Fsp3) is 0.571. The normalized spacial score (nSPS) is 20.6. The van der Waals surface area contributed by atoms with Crippen molar-refractivity contribution < 1.29 is 9.50 Å². The Morgan fingerprint density at radius 2 is 2.19 bits per heavy atom. The van der Waals surface area contributed by atoms with Crippen LogP contribution in [0, 0.1) is 11.2 Å². The van der Waals surface area contributed by atoms with Gasteiger partial charge < -0.3 is 5.11 Å². The topological polar surface area (TPSA) is 20.2 Å². The first-order valence-electron chi connectivity index (χ1n) is 5.94. The fourth-order valence-electron chi connectivity index (χ4n) is 2.69. The van der Waals surface area contributed by atoms with E-state index in [-0.39, 0.29) is 23.8 Å². The summed E-state index contributed by atoms with van der Waals surface area (Å²) in [6, 6.07) is 5.08. The SMILES string of the molecule is CC(C)(CO)C1CCCc2ccc(F)cc21. The van der Waals surface area contributed by atoms with Gasteiger partial charge in [-0.25, -0.2) is 4.39 Å². The maximum atomic E-state index is 13.3. The van der Waals surface area contributed by atoms with Gasteiger partial charge in [0, 0.05) is 6.61 Å². The average Bonchev–Trinajstić information content (AvgIpc) is 2.28. The molecule has 2 heteroatoms. The monoisotopic (exact) mass is 222 g/mol. The van der Waals surface area contributed by atoms with Crippen LogP contribution >= 0.6 is 0 Å². The van der Waals surface area contributed by atoms with Crippen molar-refractivity contribution in [1.29, 1.82) is 0 Å². The highest BCUT2D eigenvalue weighted by molar-refractivity contribution is 5.34. The largest absolute Gasteiger partial charge is 0.396 e. The van der Waals surface area contributed by atoms with E-state index in [0.717, 1.165) is 24.8 Å². The Hall–Kier alpha value is -0.890. The fourth-order valence-corrected chi connectivity index (χ4v) is 2.69. The molecule has 1 aliphatic rings. The molecular formula is C14H19FO. The second kappa shape index (κ2) is 4.17. The second-order valence-electron chi connectivity index (χ2n) is 5.43. The first-order valence-corrected chi connectivity index (χ1v) is 5.94. The van der Waals surface area contributed by atoms with Gasteiger partial charge in [0.1, 0.15) is 5.82 Å². The van der Waals surface area contributed by atoms with Crippen molar-refractivity contribution >= 4 is 0 Å². The van der Waals surface area contributed by atoms with Gasteiger partial charge in [-0.05, 0) is 53.9 Å². The van der Waals surface area contributed by atoms with Crippen molar-refractivity contribution in [2.45, 2.75) is 39.0 Å². The van der Waals surface area contributed by atoms with Gasteiger partial charge in [0.15, 0.2) is 0 Å². The number of aliphatic hydroxyl groups is 1. The second-order valence-corrected chi connectivity index (χ2v) is 5.43. The van der Waals surface area contributed by atoms with Gasteiger partial charge in [-0.2, -0.15) is 0 Å². The van der Waals surface area contributed by atoms with Crippen molar-refractivity contribution in [3.05, 3.63) is 35.1 Å². The molecule has 0 radical (unpaired) electrons. The lowest BCUT2D eigenvalue weighted by Crippen LogP contribution is -2.29. The number of rotatable bonds is 2. The lowest BCUT2D eigenvalue weighted by atomic mass is 9.69. The van der Waals surface area contributed by atoms with E-state index >= 15 is 0 Å². The summed E-state index contributed by atoms with van der Waals surface area (Å²) in [5, 5.41) is 9.45. The summed E-state index contributed by atoms with van der Waals surface area (Å²) in [6.07, 6.45) is 3.21. The molecule has 1 unspecified atom stereocenters. The van der Waals surface area contributed by atoms with Crippen LogP contribution in [0.4, 0.5) is 4.39 Å². The number of aliphatic hydroxyl groups excluding tert-OH is 1. The Labute approximate surface area is 96.3 Å². The van der Waals surface area contributed by atoms with Crippen LogP contribution in [0.1, 0.15) is 43.7 Å². The van der Waals surface area contributed by atoms with Gasteiger partial charge >= 0.3 is 0 Å². The Balaban J connectivity index is 2.43. The molecule has 16 heavy (non-hydrogen) atoms. The molecule has 0 spiro atoms. The van der Waals surface area contributed by atoms with Crippen molar-refractivity contribution in [2.75, 3.05) is 6.61 Å². The molecule has 0 heterocycles. The standard InChI is InChI=1S/C14H19FO/c1-14(2,9-16)13-5-3-4-10-6-7-11(15)8-12(10)13/h6-8,13,16H,3-5,9H2,1-2H3. The van der Waals surface area contributed by atoms with Gasteiger partial charge in [0.2, 0.25) is 0 Å². The zero-order valence-electron chi connectivity index (χ0n) is 9.96. The smallest absolute Gasteiger partial charge is 0.123 e. The third kappa shape index (κ3) is 1.99. The van der Waals surface area contributed by atoms with E-state index in [0.29, 0.717) is 0 Å². The molecule has 1 atom stereocenters. The highest BCUT2D eigenvalue weighted by Crippen LogP contribution is 2.43. The molecule has 1 N–H and O–H groups in total. The van der Waals surface area contributed by atoms with Gasteiger partial charge in [-0.3, -0.25) is 0 Å². The van der Waals surface area contributed by atoms with E-state index in [9.17, 15) is 9.50 Å². The van der Waals surface area contributed by atoms with Crippen LogP contribution in [0.15, 0.2) is 18.2 Å². The molecule has 1 aromatic rings. The van der Waals surface area contributed by atoms with Gasteiger partial charge in [-0.15, -0.1) is 0 Å². The van der Waals surface area contributed by atoms with Crippen molar-refractivity contribution in [3.63, 3.8) is 0 Å². The number of benzene rings is 1. The maximum absolute atomic E-state index is 13.3. The minimum Gasteiger partial charge on any atom is -0.396 e. The molecule has 0 amide bonds. The summed E-state index contributed by atoms with van der Waals surface area (Å²) in [5.74, 6) is 0.108. The third-order valence-electron chi connectivity index (χ3n) is 3.77. The van der Waals surface area contributed by atoms with Gasteiger partial charge in [-0.1, -0.05) is 19.9 Å². The highest BCUT2D eigenvalue weighted by Gasteiger charge is 2.33. The van der Waals surface area contributed by atoms with Crippen LogP contribution < -0.4 is 0 Å². The molecule has 88 valence electrons. The summed E-state index contributed by atoms with van der Waals surface area (Å²) in [5.41, 5.74) is 2.19. The van der Waals surface area contributed by atoms with Gasteiger partial charge in [0.25, 0.3) is 0 Å². The molecule has 0 saturated carbocycles. The average molecular weight is 222 g/mol. The van der Waals surface area contributed by atoms with Crippen LogP contribution in [0.5, 0.6) is 0 Å². The van der Waals surface area contributed by atoms with Crippen LogP contribution in [-0.4, -0.2) is 11.7 Å². The van der Waals surface area contributed by atoms with E-state index in [4.69, 9.17) is 0 Å². The van der Waals surface area contributed by atoms with Crippen molar-refractivity contribution in [3.8, 4) is 0 Å². The van der Waals surface area contributed by atoms with Gasteiger partial charge in [0.05, 0.1) is 0 Å². The summed E-state index contributed by atoms with van der Waals surface area (Å²) in [6.45, 7) is 4.25. The van der Waals surface area contributed by atoms with E-state index in [2.05, 4.69) is 13.8 Å². The molecule has 1 aliphatic carbocycles. The predicted octanol–water partition coefficient (Wildman–Crippen LogP) is 3.26. The Morgan fingerprint density at radius 3 is 2.88 bits per heavy atom. The zero-order chi connectivity index (χ0) is 11.8. The van der Waals surface area contributed by atoms with E-state index < -0.39 is 0 Å². The number of fused-ring (bicyclic) bond motifs is 1. The molecule has 0 saturated heterocycles. The maximum Gasteiger partial charge on any atom is 0.123 e. The number of hydrogen-bond donors (Lipinski definition) is 1. The lowest BCUT2D eigenvalue weighted by Gasteiger charge is -2.37. The first kappa shape index (κ1) is 11.6. The molecule has 0 fully saturated rings. The summed E-state index contributed by atoms with van der Waals surface area (Å²) in [7, 11) is 0. The Bertz CT molecular complexity index is 384. The quantitative estimate of drug-likeness (QED) is 0.814. The number of aryl methyl sites for hydroxylation is 1. The lowest BCUT2D eigenvalue weighted by molar-refractivity contribution is 0.122. The molecule has 0 bridgehead atoms. The Morgan fingerprint density at radius 1 is 1.44 bits per heavy atom. The van der Waals surface area contributed by atoms with Crippen LogP contribution in [0.3, 0.4) is 0 Å². The summed E-state index contributed by atoms with van der Waals surface area (Å²) >= 11 is 0. The molecule has 2 rings (SSSR count). The zero-order valence-corrected chi connectivity index (χ0v) is 9.96. The van der Waals surface area contributed by atoms with E-state index in [1.54, 1.807) is 6.07 Å². The molecule has 1 aromatic carbocycles. The minimum absolute atomic E-state index is 0.146. The highest BCUT2D eigenvalue weighted by atomic mass is 19.1. The summed E-state index contributed by atoms with van der Waals surface area (Å²) < 4.78 is 13.3. The van der Waals surface area contributed by atoms with E-state index in [1.165, 1.54) is 11.6 Å². The van der Waals surface area contributed by atoms with E-state index in [1.807, 2.05) is 6.07 Å². The molecule has 0 aromatic heterocycles. The number of hydrogen-bond acceptors (Lipinski definition) is 1. The van der Waals surface area contributed by atoms with Crippen molar-refractivity contribution in [2.24, 2.45) is 5.41 Å². The Kier molecular flexibility index (Phi) is 3.02. The molecule has 0 aliphatic heterocycles. The molecule has 1 nitrogen and oxygen atoms in total. The first-order chi connectivity index (χ1) is 7.54. The van der Waals surface area contributed by atoms with Crippen LogP contribution in [0.25, 0.3) is 0 Å². The third-order valence-corrected chi connectivity index (χ3v) is 3.77. The van der Waals surface area contributed by atoms with Crippen LogP contribution in [0.2, 0.25) is 0 Å². The number of halogens is 1. The summed E-state index contributed by atoms with van der Waals surface area (Å²) in [4.78, 5) is 0.